The van der Waals surface area contributed by atoms with E-state index < -0.39 is 0 Å². The van der Waals surface area contributed by atoms with Crippen LogP contribution in [0.4, 0.5) is 0 Å². The third-order valence-electron chi connectivity index (χ3n) is 0.453. The zero-order valence-corrected chi connectivity index (χ0v) is 7.41. The van der Waals surface area contributed by atoms with E-state index in [0.29, 0.717) is 6.61 Å². The Balaban J connectivity index is 0. The first-order valence-electron chi connectivity index (χ1n) is 2.24. The molecule has 0 aliphatic heterocycles. The van der Waals surface area contributed by atoms with Gasteiger partial charge in [-0.1, -0.05) is 6.58 Å². The summed E-state index contributed by atoms with van der Waals surface area (Å²) in [5.41, 5.74) is 0. The Hall–Kier alpha value is -0.0200. The van der Waals surface area contributed by atoms with E-state index in [-0.39, 0.29) is 5.97 Å². The van der Waals surface area contributed by atoms with Crippen LogP contribution < -0.4 is 0 Å². The molecule has 0 fully saturated rings. The fraction of sp³-hybridized carbons (Fsp3) is 0.400. The van der Waals surface area contributed by atoms with Gasteiger partial charge in [0.05, 0.1) is 6.61 Å². The Morgan fingerprint density at radius 2 is 2.33 bits per heavy atom. The van der Waals surface area contributed by atoms with Gasteiger partial charge < -0.3 is 4.74 Å². The van der Waals surface area contributed by atoms with Crippen LogP contribution in [0.3, 0.4) is 0 Å². The lowest BCUT2D eigenvalue weighted by Crippen LogP contribution is -1.97. The van der Waals surface area contributed by atoms with E-state index in [2.05, 4.69) is 36.4 Å². The van der Waals surface area contributed by atoms with Crippen molar-refractivity contribution in [2.24, 2.45) is 0 Å². The average Bonchev–Trinajstić information content (AvgIpc) is 1.93. The number of ether oxygens (including phenoxy) is 1. The van der Waals surface area contributed by atoms with Gasteiger partial charge in [0.25, 0.3) is 0 Å². The van der Waals surface area contributed by atoms with Crippen molar-refractivity contribution in [3.63, 3.8) is 0 Å². The van der Waals surface area contributed by atoms with Crippen molar-refractivity contribution < 1.29 is 9.53 Å². The van der Waals surface area contributed by atoms with Gasteiger partial charge in [0.2, 0.25) is 0 Å². The predicted molar refractivity (Wildman–Crippen MR) is 41.6 cm³/mol. The Morgan fingerprint density at radius 1 is 1.89 bits per heavy atom. The van der Waals surface area contributed by atoms with Crippen LogP contribution >= 0.6 is 25.1 Å². The van der Waals surface area contributed by atoms with Crippen LogP contribution in [0.25, 0.3) is 0 Å². The number of hydrogen-bond acceptors (Lipinski definition) is 2. The lowest BCUT2D eigenvalue weighted by molar-refractivity contribution is -0.137. The third kappa shape index (κ3) is 11.5. The van der Waals surface area contributed by atoms with Gasteiger partial charge in [-0.3, -0.25) is 0 Å². The quantitative estimate of drug-likeness (QED) is 0.522. The molecule has 0 radical (unpaired) electrons. The maximum absolute atomic E-state index is 10.1. The molecule has 0 aromatic rings. The predicted octanol–water partition coefficient (Wildman–Crippen LogP) is 2.27. The lowest BCUT2D eigenvalue weighted by atomic mass is 10.6. The molecule has 54 valence electrons. The first-order chi connectivity index (χ1) is 4.31. The number of carbonyl (C=O) groups is 1. The van der Waals surface area contributed by atoms with Gasteiger partial charge in [0, 0.05) is 21.1 Å². The molecule has 0 atom stereocenters. The summed E-state index contributed by atoms with van der Waals surface area (Å²) in [7, 11) is 4.45. The topological polar surface area (TPSA) is 26.3 Å². The normalized spacial score (nSPS) is 6.56. The maximum atomic E-state index is 10.1. The number of rotatable bonds is 2. The molecular weight excluding hydrogens is 207 g/mol. The van der Waals surface area contributed by atoms with E-state index in [1.807, 2.05) is 0 Å². The minimum absolute atomic E-state index is 0.359. The van der Waals surface area contributed by atoms with Gasteiger partial charge in [-0.2, -0.15) is 0 Å². The zero-order valence-electron chi connectivity index (χ0n) is 5.06. The maximum Gasteiger partial charge on any atom is 0.330 e. The Labute approximate surface area is 67.2 Å². The van der Waals surface area contributed by atoms with Gasteiger partial charge in [0.1, 0.15) is 0 Å². The van der Waals surface area contributed by atoms with Crippen molar-refractivity contribution in [2.75, 3.05) is 6.61 Å². The highest BCUT2D eigenvalue weighted by atomic mass is 79.9. The van der Waals surface area contributed by atoms with Crippen molar-refractivity contribution in [1.82, 2.24) is 0 Å². The van der Waals surface area contributed by atoms with Crippen molar-refractivity contribution >= 4 is 31.1 Å². The lowest BCUT2D eigenvalue weighted by Gasteiger charge is -1.90. The number of carbonyl (C=O) groups excluding carboxylic acids is 1. The van der Waals surface area contributed by atoms with Crippen LogP contribution in [-0.2, 0) is 9.53 Å². The van der Waals surface area contributed by atoms with Crippen molar-refractivity contribution in [3.8, 4) is 0 Å². The van der Waals surface area contributed by atoms with Crippen molar-refractivity contribution in [2.45, 2.75) is 6.92 Å². The summed E-state index contributed by atoms with van der Waals surface area (Å²) in [5.74, 6) is -0.359. The summed E-state index contributed by atoms with van der Waals surface area (Å²) < 4.78 is 4.43. The van der Waals surface area contributed by atoms with Crippen LogP contribution in [0.5, 0.6) is 0 Å². The highest BCUT2D eigenvalue weighted by molar-refractivity contribution is 9.22. The zero-order chi connectivity index (χ0) is 7.70. The number of halogens is 2. The molecule has 0 spiro atoms. The van der Waals surface area contributed by atoms with Crippen molar-refractivity contribution in [1.29, 1.82) is 0 Å². The summed E-state index contributed by atoms with van der Waals surface area (Å²) in [5, 5.41) is 0. The molecule has 9 heavy (non-hydrogen) atoms. The molecule has 0 unspecified atom stereocenters. The molecule has 0 rings (SSSR count). The molecule has 0 saturated heterocycles. The van der Waals surface area contributed by atoms with E-state index in [1.54, 1.807) is 6.92 Å². The second-order valence-electron chi connectivity index (χ2n) is 0.956. The molecule has 0 N–H and O–H groups in total. The highest BCUT2D eigenvalue weighted by Crippen LogP contribution is 1.77. The Kier molecular flexibility index (Phi) is 14.2. The van der Waals surface area contributed by atoms with E-state index in [1.165, 1.54) is 0 Å². The molecule has 0 aromatic heterocycles. The SMILES string of the molecule is C=CC(=O)OCC.ClBr. The van der Waals surface area contributed by atoms with Crippen LogP contribution in [0.2, 0.25) is 0 Å². The second-order valence-corrected chi connectivity index (χ2v) is 0.956. The van der Waals surface area contributed by atoms with Gasteiger partial charge in [0.15, 0.2) is 0 Å². The standard InChI is InChI=1S/C5H8O2.BrCl/c1-3-5(6)7-4-2;1-2/h3H,1,4H2,2H3;. The first kappa shape index (κ1) is 11.7. The average molecular weight is 215 g/mol. The summed E-state index contributed by atoms with van der Waals surface area (Å²) in [6, 6.07) is 0. The molecule has 2 nitrogen and oxygen atoms in total. The second kappa shape index (κ2) is 10.9. The molecular formula is C5H8BrClO2. The van der Waals surface area contributed by atoms with E-state index in [9.17, 15) is 4.79 Å². The van der Waals surface area contributed by atoms with Crippen LogP contribution in [0.1, 0.15) is 6.92 Å². The number of hydrogen-bond donors (Lipinski definition) is 0. The third-order valence-corrected chi connectivity index (χ3v) is 0.453. The first-order valence-corrected chi connectivity index (χ1v) is 4.33. The van der Waals surface area contributed by atoms with E-state index in [4.69, 9.17) is 0 Å². The van der Waals surface area contributed by atoms with Gasteiger partial charge in [-0.25, -0.2) is 4.79 Å². The highest BCUT2D eigenvalue weighted by Gasteiger charge is 1.86. The van der Waals surface area contributed by atoms with Crippen LogP contribution in [0.15, 0.2) is 12.7 Å². The van der Waals surface area contributed by atoms with Crippen LogP contribution in [-0.4, -0.2) is 12.6 Å². The van der Waals surface area contributed by atoms with Crippen LogP contribution in [0, 0.1) is 0 Å². The molecule has 0 bridgehead atoms. The molecule has 0 aliphatic rings. The molecule has 4 heteroatoms. The van der Waals surface area contributed by atoms with E-state index in [0.717, 1.165) is 6.08 Å². The fourth-order valence-electron chi connectivity index (χ4n) is 0.201. The summed E-state index contributed by atoms with van der Waals surface area (Å²) in [4.78, 5) is 10.1. The van der Waals surface area contributed by atoms with E-state index >= 15 is 0 Å². The fourth-order valence-corrected chi connectivity index (χ4v) is 0.201. The van der Waals surface area contributed by atoms with Gasteiger partial charge in [-0.05, 0) is 17.0 Å². The smallest absolute Gasteiger partial charge is 0.330 e. The summed E-state index contributed by atoms with van der Waals surface area (Å²) >= 11 is 2.41. The molecule has 0 heterocycles. The Morgan fingerprint density at radius 3 is 2.44 bits per heavy atom. The minimum Gasteiger partial charge on any atom is -0.463 e. The summed E-state index contributed by atoms with van der Waals surface area (Å²) in [6.07, 6.45) is 1.14. The van der Waals surface area contributed by atoms with Gasteiger partial charge >= 0.3 is 5.97 Å². The Bertz CT molecular complexity index is 85.0. The molecule has 0 aliphatic carbocycles. The molecule has 0 aromatic carbocycles. The number of esters is 1. The van der Waals surface area contributed by atoms with Crippen molar-refractivity contribution in [3.05, 3.63) is 12.7 Å². The monoisotopic (exact) mass is 214 g/mol. The molecule has 0 saturated carbocycles. The molecule has 0 amide bonds. The van der Waals surface area contributed by atoms with Gasteiger partial charge in [-0.15, -0.1) is 0 Å². The largest absolute Gasteiger partial charge is 0.463 e. The minimum atomic E-state index is -0.359. The summed E-state index contributed by atoms with van der Waals surface area (Å²) in [6.45, 7) is 5.38.